The van der Waals surface area contributed by atoms with Gasteiger partial charge in [-0.25, -0.2) is 9.59 Å². The molecule has 12 heteroatoms. The molecular weight excluding hydrogens is 847 g/mol. The Morgan fingerprint density at radius 1 is 0.761 bits per heavy atom. The van der Waals surface area contributed by atoms with E-state index in [4.69, 9.17) is 24.2 Å². The number of carbonyl (C=O) groups is 3. The molecule has 0 amide bonds. The molecule has 1 heterocycles. The van der Waals surface area contributed by atoms with Gasteiger partial charge in [-0.2, -0.15) is 0 Å². The standard InChI is InChI=1S/C55H63N3O9/c1-50(2)25-27-55(49(61)64-34-37-12-8-7-9-13-37)28-26-53(5)41(42(55)32-50)20-21-45-51(3)33-43-46(57-30-29-56-43)52(4,44(51)22-24-54(45,53)6)35-65-47(59)39-14-10-11-15-40(39)48(60)67-38-18-16-36(17-19-38)23-31-66-58(62)63/h7-20,29-30,42,44-45H,21-28,31-35H2,1-6H3/t42-,44+,45+,51-,52-,53+,54+,55-/m0/s1. The highest BCUT2D eigenvalue weighted by molar-refractivity contribution is 6.03. The number of hydrogen-bond acceptors (Lipinski definition) is 11. The Balaban J connectivity index is 0.969. The summed E-state index contributed by atoms with van der Waals surface area (Å²) in [5.74, 6) is -0.625. The summed E-state index contributed by atoms with van der Waals surface area (Å²) in [5, 5.41) is 9.69. The average molecular weight is 910 g/mol. The van der Waals surface area contributed by atoms with E-state index in [1.807, 2.05) is 30.3 Å². The van der Waals surface area contributed by atoms with E-state index in [0.717, 1.165) is 80.3 Å². The van der Waals surface area contributed by atoms with Gasteiger partial charge in [0.1, 0.15) is 25.6 Å². The third-order valence-corrected chi connectivity index (χ3v) is 17.7. The van der Waals surface area contributed by atoms with E-state index in [-0.39, 0.29) is 82.1 Å². The number of allylic oxidation sites excluding steroid dienone is 2. The zero-order valence-electron chi connectivity index (χ0n) is 39.7. The molecule has 9 rings (SSSR count). The predicted octanol–water partition coefficient (Wildman–Crippen LogP) is 10.8. The van der Waals surface area contributed by atoms with Gasteiger partial charge < -0.3 is 19.0 Å². The summed E-state index contributed by atoms with van der Waals surface area (Å²) in [5.41, 5.74) is 3.64. The summed E-state index contributed by atoms with van der Waals surface area (Å²) in [6.07, 6.45) is 14.4. The lowest BCUT2D eigenvalue weighted by Gasteiger charge is -2.70. The first-order valence-corrected chi connectivity index (χ1v) is 24.0. The second-order valence-corrected chi connectivity index (χ2v) is 21.8. The van der Waals surface area contributed by atoms with Crippen LogP contribution in [0.25, 0.3) is 0 Å². The van der Waals surface area contributed by atoms with Crippen molar-refractivity contribution >= 4 is 17.9 Å². The number of benzene rings is 3. The van der Waals surface area contributed by atoms with Crippen LogP contribution >= 0.6 is 0 Å². The van der Waals surface area contributed by atoms with Crippen molar-refractivity contribution in [2.75, 3.05) is 13.2 Å². The quantitative estimate of drug-likeness (QED) is 0.0438. The van der Waals surface area contributed by atoms with Gasteiger partial charge in [0, 0.05) is 17.8 Å². The molecule has 67 heavy (non-hydrogen) atoms. The van der Waals surface area contributed by atoms with E-state index in [1.165, 1.54) is 5.57 Å². The van der Waals surface area contributed by atoms with Crippen molar-refractivity contribution in [1.29, 1.82) is 0 Å². The monoisotopic (exact) mass is 909 g/mol. The second kappa shape index (κ2) is 17.3. The fourth-order valence-electron chi connectivity index (χ4n) is 14.1. The molecule has 0 spiro atoms. The molecule has 0 aliphatic heterocycles. The molecule has 4 aromatic rings. The Labute approximate surface area is 393 Å². The van der Waals surface area contributed by atoms with Crippen molar-refractivity contribution in [3.8, 4) is 5.75 Å². The number of nitrogens with zero attached hydrogens (tertiary/aromatic N) is 3. The lowest BCUT2D eigenvalue weighted by atomic mass is 9.33. The van der Waals surface area contributed by atoms with Crippen LogP contribution in [0.15, 0.2) is 103 Å². The van der Waals surface area contributed by atoms with Crippen LogP contribution in [0.2, 0.25) is 0 Å². The first kappa shape index (κ1) is 46.2. The zero-order chi connectivity index (χ0) is 47.4. The number of ether oxygens (including phenoxy) is 3. The van der Waals surface area contributed by atoms with E-state index in [0.29, 0.717) is 6.42 Å². The minimum absolute atomic E-state index is 0.0401. The van der Waals surface area contributed by atoms with E-state index < -0.39 is 27.9 Å². The van der Waals surface area contributed by atoms with Crippen molar-refractivity contribution in [2.24, 2.45) is 44.8 Å². The summed E-state index contributed by atoms with van der Waals surface area (Å²) >= 11 is 0. The first-order valence-electron chi connectivity index (χ1n) is 24.0. The molecular formula is C55H63N3O9. The second-order valence-electron chi connectivity index (χ2n) is 21.8. The molecule has 3 aromatic carbocycles. The number of rotatable bonds is 12. The lowest BCUT2D eigenvalue weighted by Crippen LogP contribution is -2.65. The van der Waals surface area contributed by atoms with Gasteiger partial charge in [0.25, 0.3) is 5.09 Å². The molecule has 1 aromatic heterocycles. The maximum atomic E-state index is 14.5. The first-order chi connectivity index (χ1) is 31.9. The minimum atomic E-state index is -0.834. The van der Waals surface area contributed by atoms with Crippen LogP contribution in [0.4, 0.5) is 0 Å². The molecule has 0 bridgehead atoms. The highest BCUT2D eigenvalue weighted by Crippen LogP contribution is 2.75. The van der Waals surface area contributed by atoms with Gasteiger partial charge in [-0.1, -0.05) is 108 Å². The van der Waals surface area contributed by atoms with Gasteiger partial charge in [0.2, 0.25) is 0 Å². The van der Waals surface area contributed by atoms with Crippen molar-refractivity contribution < 1.29 is 38.5 Å². The molecule has 0 unspecified atom stereocenters. The van der Waals surface area contributed by atoms with Crippen molar-refractivity contribution in [3.63, 3.8) is 0 Å². The molecule has 12 nitrogen and oxygen atoms in total. The molecule has 3 fully saturated rings. The topological polar surface area (TPSA) is 157 Å². The zero-order valence-corrected chi connectivity index (χ0v) is 39.7. The van der Waals surface area contributed by atoms with Gasteiger partial charge in [-0.3, -0.25) is 14.8 Å². The number of carbonyl (C=O) groups excluding carboxylic acids is 3. The van der Waals surface area contributed by atoms with Crippen LogP contribution in [-0.2, 0) is 44.0 Å². The Bertz CT molecular complexity index is 2600. The third-order valence-electron chi connectivity index (χ3n) is 17.7. The Hall–Kier alpha value is -5.91. The van der Waals surface area contributed by atoms with Crippen LogP contribution in [0, 0.1) is 54.9 Å². The molecule has 5 aliphatic rings. The maximum absolute atomic E-state index is 14.5. The van der Waals surface area contributed by atoms with Gasteiger partial charge in [-0.05, 0) is 139 Å². The minimum Gasteiger partial charge on any atom is -0.461 e. The van der Waals surface area contributed by atoms with E-state index in [1.54, 1.807) is 60.9 Å². The number of hydrogen-bond donors (Lipinski definition) is 0. The van der Waals surface area contributed by atoms with E-state index >= 15 is 0 Å². The van der Waals surface area contributed by atoms with Crippen LogP contribution in [0.3, 0.4) is 0 Å². The van der Waals surface area contributed by atoms with Gasteiger partial charge in [0.05, 0.1) is 27.9 Å². The summed E-state index contributed by atoms with van der Waals surface area (Å²) in [7, 11) is 0. The van der Waals surface area contributed by atoms with E-state index in [2.05, 4.69) is 52.5 Å². The van der Waals surface area contributed by atoms with Crippen molar-refractivity contribution in [3.05, 3.63) is 147 Å². The third kappa shape index (κ3) is 8.01. The molecule has 3 saturated carbocycles. The van der Waals surface area contributed by atoms with Crippen LogP contribution in [0.1, 0.15) is 136 Å². The molecule has 352 valence electrons. The predicted molar refractivity (Wildman–Crippen MR) is 250 cm³/mol. The largest absolute Gasteiger partial charge is 0.461 e. The molecule has 5 aliphatic carbocycles. The summed E-state index contributed by atoms with van der Waals surface area (Å²) in [4.78, 5) is 67.2. The Kier molecular flexibility index (Phi) is 11.9. The van der Waals surface area contributed by atoms with Crippen LogP contribution in [-0.4, -0.2) is 46.2 Å². The normalized spacial score (nSPS) is 31.2. The number of fused-ring (bicyclic) bond motifs is 8. The van der Waals surface area contributed by atoms with Crippen molar-refractivity contribution in [1.82, 2.24) is 9.97 Å². The lowest BCUT2D eigenvalue weighted by molar-refractivity contribution is -0.757. The average Bonchev–Trinajstić information content (AvgIpc) is 3.30. The summed E-state index contributed by atoms with van der Waals surface area (Å²) < 4.78 is 18.3. The number of aromatic nitrogens is 2. The maximum Gasteiger partial charge on any atom is 0.344 e. The smallest absolute Gasteiger partial charge is 0.344 e. The highest BCUT2D eigenvalue weighted by atomic mass is 16.9. The molecule has 0 N–H and O–H groups in total. The molecule has 8 atom stereocenters. The Morgan fingerprint density at radius 3 is 2.18 bits per heavy atom. The fourth-order valence-corrected chi connectivity index (χ4v) is 14.1. The van der Waals surface area contributed by atoms with Gasteiger partial charge in [-0.15, -0.1) is 10.1 Å². The SMILES string of the molecule is CC1(C)CC[C@]2(C(=O)OCc3ccccc3)CC[C@]3(C)C(=CC[C@@H]4[C@@]5(C)Cc6nccnc6[C@@](C)(COC(=O)c6ccccc6C(=O)Oc6ccc(CCO[N+](=O)[O-])cc6)[C@@H]5CC[C@]43C)[C@@H]2C1. The van der Waals surface area contributed by atoms with Gasteiger partial charge >= 0.3 is 17.9 Å². The number of esters is 3. The molecule has 0 saturated heterocycles. The van der Waals surface area contributed by atoms with Crippen LogP contribution in [0.5, 0.6) is 5.75 Å². The highest BCUT2D eigenvalue weighted by Gasteiger charge is 2.70. The van der Waals surface area contributed by atoms with Crippen LogP contribution < -0.4 is 4.74 Å². The summed E-state index contributed by atoms with van der Waals surface area (Å²) in [6, 6.07) is 23.1. The summed E-state index contributed by atoms with van der Waals surface area (Å²) in [6.45, 7) is 14.6. The van der Waals surface area contributed by atoms with E-state index in [9.17, 15) is 24.5 Å². The molecule has 0 radical (unpaired) electrons. The van der Waals surface area contributed by atoms with Crippen molar-refractivity contribution in [2.45, 2.75) is 118 Å². The van der Waals surface area contributed by atoms with Gasteiger partial charge in [0.15, 0.2) is 0 Å². The Morgan fingerprint density at radius 2 is 1.45 bits per heavy atom. The fraction of sp³-hybridized carbons (Fsp3) is 0.509.